The van der Waals surface area contributed by atoms with Gasteiger partial charge in [0.05, 0.1) is 6.20 Å². The van der Waals surface area contributed by atoms with Crippen LogP contribution >= 0.6 is 0 Å². The molecule has 0 unspecified atom stereocenters. The molecule has 4 rings (SSSR count). The minimum atomic E-state index is -0.143. The number of carbonyl (C=O) groups is 1. The number of rotatable bonds is 7. The highest BCUT2D eigenvalue weighted by atomic mass is 16.5. The average Bonchev–Trinajstić information content (AvgIpc) is 3.15. The van der Waals surface area contributed by atoms with E-state index in [1.807, 2.05) is 48.7 Å². The number of benzene rings is 2. The molecule has 0 fully saturated rings. The van der Waals surface area contributed by atoms with Gasteiger partial charge in [-0.1, -0.05) is 30.3 Å². The van der Waals surface area contributed by atoms with Crippen molar-refractivity contribution in [2.75, 3.05) is 11.9 Å². The van der Waals surface area contributed by atoms with Crippen LogP contribution in [0.2, 0.25) is 0 Å². The summed E-state index contributed by atoms with van der Waals surface area (Å²) in [6.07, 6.45) is 6.18. The number of hydrogen-bond donors (Lipinski definition) is 3. The smallest absolute Gasteiger partial charge is 0.221 e. The Balaban J connectivity index is 1.41. The average molecular weight is 400 g/mol. The van der Waals surface area contributed by atoms with Crippen LogP contribution in [0.3, 0.4) is 0 Å². The molecule has 152 valence electrons. The summed E-state index contributed by atoms with van der Waals surface area (Å²) in [6, 6.07) is 17.6. The van der Waals surface area contributed by atoms with E-state index in [2.05, 4.69) is 27.4 Å². The number of nitrogens with one attached hydrogen (secondary N) is 2. The maximum absolute atomic E-state index is 11.3. The van der Waals surface area contributed by atoms with Crippen LogP contribution in [0, 0.1) is 0 Å². The Bertz CT molecular complexity index is 1170. The molecule has 0 saturated heterocycles. The molecule has 0 spiro atoms. The summed E-state index contributed by atoms with van der Waals surface area (Å²) >= 11 is 0. The maximum Gasteiger partial charge on any atom is 0.221 e. The number of para-hydroxylation sites is 1. The van der Waals surface area contributed by atoms with Crippen LogP contribution in [0.25, 0.3) is 22.0 Å². The summed E-state index contributed by atoms with van der Waals surface area (Å²) < 4.78 is 5.92. The van der Waals surface area contributed by atoms with Gasteiger partial charge in [0.25, 0.3) is 0 Å². The fourth-order valence-electron chi connectivity index (χ4n) is 3.48. The molecule has 0 aliphatic carbocycles. The van der Waals surface area contributed by atoms with Crippen LogP contribution in [-0.2, 0) is 11.2 Å². The molecule has 0 aliphatic heterocycles. The number of pyridine rings is 1. The molecule has 2 aromatic carbocycles. The zero-order chi connectivity index (χ0) is 20.9. The second-order valence-corrected chi connectivity index (χ2v) is 7.31. The van der Waals surface area contributed by atoms with Crippen molar-refractivity contribution >= 4 is 22.5 Å². The largest absolute Gasteiger partial charge is 0.490 e. The summed E-state index contributed by atoms with van der Waals surface area (Å²) in [6.45, 7) is 1.87. The second-order valence-electron chi connectivity index (χ2n) is 7.31. The third-order valence-electron chi connectivity index (χ3n) is 4.85. The Morgan fingerprint density at radius 1 is 1.13 bits per heavy atom. The molecule has 2 heterocycles. The molecule has 6 heteroatoms. The van der Waals surface area contributed by atoms with E-state index < -0.39 is 0 Å². The standard InChI is InChI=1S/C24H24N4O2/c1-16(29)28-21-6-4-5-17(10-21)18-11-22(14-26-12-18)30-15-20(25)9-19-13-27-24-8-3-2-7-23(19)24/h2-8,10-14,20,27H,9,15,25H2,1H3,(H,28,29)/t20-/m0/s1. The Morgan fingerprint density at radius 2 is 2.00 bits per heavy atom. The van der Waals surface area contributed by atoms with E-state index in [9.17, 15) is 4.79 Å². The number of nitrogens with zero attached hydrogens (tertiary/aromatic N) is 1. The van der Waals surface area contributed by atoms with Gasteiger partial charge in [-0.15, -0.1) is 0 Å². The molecular weight excluding hydrogens is 376 g/mol. The van der Waals surface area contributed by atoms with Gasteiger partial charge in [-0.2, -0.15) is 0 Å². The van der Waals surface area contributed by atoms with E-state index in [1.165, 1.54) is 17.9 Å². The third-order valence-corrected chi connectivity index (χ3v) is 4.85. The van der Waals surface area contributed by atoms with E-state index in [1.54, 1.807) is 12.4 Å². The Labute approximate surface area is 175 Å². The fourth-order valence-corrected chi connectivity index (χ4v) is 3.48. The van der Waals surface area contributed by atoms with E-state index in [0.717, 1.165) is 28.8 Å². The van der Waals surface area contributed by atoms with Crippen LogP contribution in [0.5, 0.6) is 5.75 Å². The van der Waals surface area contributed by atoms with Gasteiger partial charge in [0.15, 0.2) is 0 Å². The first kappa shape index (κ1) is 19.7. The van der Waals surface area contributed by atoms with Crippen molar-refractivity contribution in [1.29, 1.82) is 0 Å². The van der Waals surface area contributed by atoms with Crippen molar-refractivity contribution in [2.24, 2.45) is 5.73 Å². The molecular formula is C24H24N4O2. The molecule has 0 bridgehead atoms. The predicted octanol–water partition coefficient (Wildman–Crippen LogP) is 4.14. The predicted molar refractivity (Wildman–Crippen MR) is 119 cm³/mol. The SMILES string of the molecule is CC(=O)Nc1cccc(-c2cncc(OC[C@@H](N)Cc3c[nH]c4ccccc34)c2)c1. The van der Waals surface area contributed by atoms with E-state index >= 15 is 0 Å². The molecule has 0 radical (unpaired) electrons. The van der Waals surface area contributed by atoms with Crippen molar-refractivity contribution < 1.29 is 9.53 Å². The number of anilines is 1. The molecule has 0 saturated carbocycles. The quantitative estimate of drug-likeness (QED) is 0.435. The van der Waals surface area contributed by atoms with Gasteiger partial charge in [0.1, 0.15) is 12.4 Å². The second kappa shape index (κ2) is 8.80. The van der Waals surface area contributed by atoms with Crippen molar-refractivity contribution in [2.45, 2.75) is 19.4 Å². The van der Waals surface area contributed by atoms with Crippen LogP contribution in [0.15, 0.2) is 73.2 Å². The van der Waals surface area contributed by atoms with Gasteiger partial charge in [0.2, 0.25) is 5.91 Å². The first-order valence-corrected chi connectivity index (χ1v) is 9.85. The van der Waals surface area contributed by atoms with Gasteiger partial charge < -0.3 is 20.8 Å². The highest BCUT2D eigenvalue weighted by Gasteiger charge is 2.10. The van der Waals surface area contributed by atoms with Crippen molar-refractivity contribution in [1.82, 2.24) is 9.97 Å². The lowest BCUT2D eigenvalue weighted by Gasteiger charge is -2.13. The molecule has 0 aliphatic rings. The van der Waals surface area contributed by atoms with Gasteiger partial charge >= 0.3 is 0 Å². The van der Waals surface area contributed by atoms with Crippen molar-refractivity contribution in [3.05, 3.63) is 78.8 Å². The lowest BCUT2D eigenvalue weighted by atomic mass is 10.1. The van der Waals surface area contributed by atoms with Crippen LogP contribution in [0.4, 0.5) is 5.69 Å². The molecule has 6 nitrogen and oxygen atoms in total. The molecule has 4 N–H and O–H groups in total. The number of aromatic nitrogens is 2. The first-order valence-electron chi connectivity index (χ1n) is 9.85. The van der Waals surface area contributed by atoms with E-state index in [-0.39, 0.29) is 11.9 Å². The van der Waals surface area contributed by atoms with Gasteiger partial charge in [0, 0.05) is 47.5 Å². The summed E-state index contributed by atoms with van der Waals surface area (Å²) in [5, 5.41) is 3.98. The van der Waals surface area contributed by atoms with Crippen LogP contribution in [0.1, 0.15) is 12.5 Å². The summed E-state index contributed by atoms with van der Waals surface area (Å²) in [4.78, 5) is 18.9. The maximum atomic E-state index is 11.3. The minimum absolute atomic E-state index is 0.105. The van der Waals surface area contributed by atoms with E-state index in [0.29, 0.717) is 12.4 Å². The van der Waals surface area contributed by atoms with Crippen LogP contribution < -0.4 is 15.8 Å². The number of carbonyl (C=O) groups excluding carboxylic acids is 1. The van der Waals surface area contributed by atoms with Gasteiger partial charge in [-0.3, -0.25) is 9.78 Å². The minimum Gasteiger partial charge on any atom is -0.490 e. The monoisotopic (exact) mass is 400 g/mol. The number of hydrogen-bond acceptors (Lipinski definition) is 4. The number of ether oxygens (including phenoxy) is 1. The topological polar surface area (TPSA) is 93.0 Å². The lowest BCUT2D eigenvalue weighted by Crippen LogP contribution is -2.30. The first-order chi connectivity index (χ1) is 14.6. The summed E-state index contributed by atoms with van der Waals surface area (Å²) in [7, 11) is 0. The Hall–Kier alpha value is -3.64. The van der Waals surface area contributed by atoms with E-state index in [4.69, 9.17) is 10.5 Å². The lowest BCUT2D eigenvalue weighted by molar-refractivity contribution is -0.114. The fraction of sp³-hybridized carbons (Fsp3) is 0.167. The van der Waals surface area contributed by atoms with Crippen molar-refractivity contribution in [3.63, 3.8) is 0 Å². The molecule has 30 heavy (non-hydrogen) atoms. The number of nitrogens with two attached hydrogens (primary N) is 1. The summed E-state index contributed by atoms with van der Waals surface area (Å²) in [5.41, 5.74) is 11.2. The van der Waals surface area contributed by atoms with Gasteiger partial charge in [-0.25, -0.2) is 0 Å². The highest BCUT2D eigenvalue weighted by molar-refractivity contribution is 5.89. The Morgan fingerprint density at radius 3 is 2.87 bits per heavy atom. The number of aromatic amines is 1. The third kappa shape index (κ3) is 4.67. The zero-order valence-electron chi connectivity index (χ0n) is 16.8. The molecule has 1 amide bonds. The molecule has 4 aromatic rings. The van der Waals surface area contributed by atoms with Crippen LogP contribution in [-0.4, -0.2) is 28.5 Å². The molecule has 1 atom stereocenters. The van der Waals surface area contributed by atoms with Gasteiger partial charge in [-0.05, 0) is 41.8 Å². The number of fused-ring (bicyclic) bond motifs is 1. The normalized spacial score (nSPS) is 11.9. The number of H-pyrrole nitrogens is 1. The Kier molecular flexibility index (Phi) is 5.77. The zero-order valence-corrected chi connectivity index (χ0v) is 16.8. The highest BCUT2D eigenvalue weighted by Crippen LogP contribution is 2.25. The molecule has 2 aromatic heterocycles. The van der Waals surface area contributed by atoms with Crippen molar-refractivity contribution in [3.8, 4) is 16.9 Å². The summed E-state index contributed by atoms with van der Waals surface area (Å²) in [5.74, 6) is 0.554. The number of amides is 1.